The zero-order valence-corrected chi connectivity index (χ0v) is 13.4. The normalized spacial score (nSPS) is 12.3. The van der Waals surface area contributed by atoms with Gasteiger partial charge in [0.1, 0.15) is 6.04 Å². The molecule has 0 unspecified atom stereocenters. The minimum atomic E-state index is -0.573. The molecule has 118 valence electrons. The summed E-state index contributed by atoms with van der Waals surface area (Å²) in [6, 6.07) is 6.41. The number of carbonyl (C=O) groups excluding carboxylic acids is 1. The highest BCUT2D eigenvalue weighted by Crippen LogP contribution is 2.08. The van der Waals surface area contributed by atoms with Gasteiger partial charge in [-0.15, -0.1) is 0 Å². The van der Waals surface area contributed by atoms with E-state index in [0.29, 0.717) is 10.9 Å². The van der Waals surface area contributed by atoms with Crippen molar-refractivity contribution in [2.24, 2.45) is 0 Å². The van der Waals surface area contributed by atoms with Gasteiger partial charge in [0.05, 0.1) is 17.1 Å². The predicted octanol–water partition coefficient (Wildman–Crippen LogP) is 1.90. The Morgan fingerprint density at radius 1 is 1.39 bits per heavy atom. The largest absolute Gasteiger partial charge is 0.330 e. The molecule has 1 amide bonds. The Bertz CT molecular complexity index is 1000. The molecule has 0 saturated carbocycles. The van der Waals surface area contributed by atoms with Crippen LogP contribution in [0.5, 0.6) is 0 Å². The molecule has 2 N–H and O–H groups in total. The molecule has 2 heterocycles. The predicted molar refractivity (Wildman–Crippen MR) is 89.4 cm³/mol. The van der Waals surface area contributed by atoms with Gasteiger partial charge in [-0.3, -0.25) is 19.7 Å². The quantitative estimate of drug-likeness (QED) is 0.719. The molecule has 0 aliphatic heterocycles. The van der Waals surface area contributed by atoms with Gasteiger partial charge in [-0.05, 0) is 43.8 Å². The minimum Gasteiger partial charge on any atom is -0.330 e. The molecule has 2 aromatic heterocycles. The molecule has 7 nitrogen and oxygen atoms in total. The molecule has 1 aromatic carbocycles. The van der Waals surface area contributed by atoms with Crippen molar-refractivity contribution in [3.8, 4) is 0 Å². The number of aryl methyl sites for hydroxylation is 1. The third kappa shape index (κ3) is 2.80. The van der Waals surface area contributed by atoms with E-state index in [-0.39, 0.29) is 16.2 Å². The Kier molecular flexibility index (Phi) is 3.83. The summed E-state index contributed by atoms with van der Waals surface area (Å²) in [6.07, 6.45) is 3.42. The molecular formula is C15H15N5O2S. The van der Waals surface area contributed by atoms with Gasteiger partial charge in [0, 0.05) is 6.20 Å². The first-order chi connectivity index (χ1) is 11.0. The van der Waals surface area contributed by atoms with Crippen LogP contribution in [0.4, 0.5) is 0 Å². The highest BCUT2D eigenvalue weighted by molar-refractivity contribution is 7.71. The van der Waals surface area contributed by atoms with Crippen molar-refractivity contribution in [2.45, 2.75) is 19.9 Å². The molecule has 0 aliphatic rings. The first-order valence-corrected chi connectivity index (χ1v) is 7.44. The van der Waals surface area contributed by atoms with Crippen LogP contribution in [-0.4, -0.2) is 25.3 Å². The van der Waals surface area contributed by atoms with Crippen LogP contribution in [0.15, 0.2) is 41.5 Å². The number of hydrogen-bond donors (Lipinski definition) is 2. The number of aromatic nitrogens is 4. The van der Waals surface area contributed by atoms with E-state index in [4.69, 9.17) is 12.2 Å². The van der Waals surface area contributed by atoms with Crippen molar-refractivity contribution < 1.29 is 4.79 Å². The molecular weight excluding hydrogens is 314 g/mol. The van der Waals surface area contributed by atoms with Crippen LogP contribution in [0, 0.1) is 11.7 Å². The summed E-state index contributed by atoms with van der Waals surface area (Å²) >= 11 is 5.16. The number of amides is 1. The summed E-state index contributed by atoms with van der Waals surface area (Å²) in [6.45, 7) is 3.58. The Morgan fingerprint density at radius 2 is 2.13 bits per heavy atom. The second-order valence-corrected chi connectivity index (χ2v) is 5.65. The number of nitrogens with one attached hydrogen (secondary N) is 2. The number of rotatable bonds is 3. The van der Waals surface area contributed by atoms with Crippen molar-refractivity contribution in [1.82, 2.24) is 19.4 Å². The smallest absolute Gasteiger partial charge is 0.281 e. The average Bonchev–Trinajstić information content (AvgIpc) is 2.97. The standard InChI is InChI=1S/C15H15N5O2S/c1-9-7-16-19(8-9)10(2)13(21)18-20-14(22)11-5-3-4-6-12(11)17-15(20)23/h3-8,10H,1-2H3,(H,17,23)(H,18,21)/t10-/m0/s1. The third-order valence-electron chi connectivity index (χ3n) is 3.53. The molecule has 0 bridgehead atoms. The molecule has 0 aliphatic carbocycles. The number of para-hydroxylation sites is 1. The van der Waals surface area contributed by atoms with Crippen molar-refractivity contribution in [3.05, 3.63) is 57.3 Å². The van der Waals surface area contributed by atoms with E-state index in [9.17, 15) is 9.59 Å². The van der Waals surface area contributed by atoms with Gasteiger partial charge in [0.15, 0.2) is 4.77 Å². The van der Waals surface area contributed by atoms with E-state index >= 15 is 0 Å². The SMILES string of the molecule is Cc1cnn([C@@H](C)C(=O)Nn2c(=S)[nH]c3ccccc3c2=O)c1. The lowest BCUT2D eigenvalue weighted by Crippen LogP contribution is -2.37. The zero-order chi connectivity index (χ0) is 16.6. The van der Waals surface area contributed by atoms with E-state index in [1.54, 1.807) is 43.6 Å². The van der Waals surface area contributed by atoms with Crippen molar-refractivity contribution in [2.75, 3.05) is 5.43 Å². The summed E-state index contributed by atoms with van der Waals surface area (Å²) in [5.41, 5.74) is 3.75. The fourth-order valence-electron chi connectivity index (χ4n) is 2.23. The van der Waals surface area contributed by atoms with Gasteiger partial charge < -0.3 is 4.98 Å². The maximum atomic E-state index is 12.5. The monoisotopic (exact) mass is 329 g/mol. The molecule has 3 rings (SSSR count). The summed E-state index contributed by atoms with van der Waals surface area (Å²) in [5, 5.41) is 4.56. The maximum Gasteiger partial charge on any atom is 0.281 e. The Morgan fingerprint density at radius 3 is 2.83 bits per heavy atom. The number of hydrogen-bond acceptors (Lipinski definition) is 4. The van der Waals surface area contributed by atoms with Gasteiger partial charge in [0.2, 0.25) is 0 Å². The number of aromatic amines is 1. The average molecular weight is 329 g/mol. The number of nitrogens with zero attached hydrogens (tertiary/aromatic N) is 3. The summed E-state index contributed by atoms with van der Waals surface area (Å²) in [5.74, 6) is -0.384. The van der Waals surface area contributed by atoms with E-state index in [1.165, 1.54) is 4.68 Å². The number of H-pyrrole nitrogens is 1. The number of benzene rings is 1. The molecule has 0 radical (unpaired) electrons. The zero-order valence-electron chi connectivity index (χ0n) is 12.6. The van der Waals surface area contributed by atoms with E-state index in [0.717, 1.165) is 10.2 Å². The Hall–Kier alpha value is -2.74. The van der Waals surface area contributed by atoms with E-state index in [2.05, 4.69) is 15.5 Å². The minimum absolute atomic E-state index is 0.130. The first-order valence-electron chi connectivity index (χ1n) is 7.03. The summed E-state index contributed by atoms with van der Waals surface area (Å²) in [4.78, 5) is 27.8. The molecule has 0 fully saturated rings. The third-order valence-corrected chi connectivity index (χ3v) is 3.82. The summed E-state index contributed by atoms with van der Waals surface area (Å²) in [7, 11) is 0. The fraction of sp³-hybridized carbons (Fsp3) is 0.200. The molecule has 3 aromatic rings. The number of carbonyl (C=O) groups is 1. The molecule has 1 atom stereocenters. The molecule has 8 heteroatoms. The highest BCUT2D eigenvalue weighted by atomic mass is 32.1. The van der Waals surface area contributed by atoms with Crippen LogP contribution in [0.3, 0.4) is 0 Å². The van der Waals surface area contributed by atoms with Crippen LogP contribution in [0.25, 0.3) is 10.9 Å². The topological polar surface area (TPSA) is 84.7 Å². The fourth-order valence-corrected chi connectivity index (χ4v) is 2.47. The lowest BCUT2D eigenvalue weighted by atomic mass is 10.2. The molecule has 0 saturated heterocycles. The maximum absolute atomic E-state index is 12.5. The van der Waals surface area contributed by atoms with Crippen LogP contribution < -0.4 is 11.0 Å². The van der Waals surface area contributed by atoms with E-state index in [1.807, 2.05) is 6.92 Å². The van der Waals surface area contributed by atoms with Crippen LogP contribution in [-0.2, 0) is 4.79 Å². The van der Waals surface area contributed by atoms with Crippen molar-refractivity contribution in [1.29, 1.82) is 0 Å². The van der Waals surface area contributed by atoms with Gasteiger partial charge in [-0.1, -0.05) is 12.1 Å². The molecule has 0 spiro atoms. The van der Waals surface area contributed by atoms with Gasteiger partial charge in [0.25, 0.3) is 11.5 Å². The van der Waals surface area contributed by atoms with Crippen LogP contribution >= 0.6 is 12.2 Å². The lowest BCUT2D eigenvalue weighted by Gasteiger charge is -2.14. The first kappa shape index (κ1) is 15.2. The summed E-state index contributed by atoms with van der Waals surface area (Å²) < 4.78 is 2.71. The second kappa shape index (κ2) is 5.81. The second-order valence-electron chi connectivity index (χ2n) is 5.27. The van der Waals surface area contributed by atoms with Gasteiger partial charge in [-0.25, -0.2) is 0 Å². The van der Waals surface area contributed by atoms with Crippen molar-refractivity contribution in [3.63, 3.8) is 0 Å². The van der Waals surface area contributed by atoms with Crippen molar-refractivity contribution >= 4 is 29.0 Å². The van der Waals surface area contributed by atoms with E-state index < -0.39 is 6.04 Å². The number of fused-ring (bicyclic) bond motifs is 1. The Labute approximate surface area is 136 Å². The van der Waals surface area contributed by atoms with Gasteiger partial charge in [-0.2, -0.15) is 9.77 Å². The van der Waals surface area contributed by atoms with Gasteiger partial charge >= 0.3 is 0 Å². The molecule has 23 heavy (non-hydrogen) atoms. The lowest BCUT2D eigenvalue weighted by molar-refractivity contribution is -0.120. The highest BCUT2D eigenvalue weighted by Gasteiger charge is 2.17. The van der Waals surface area contributed by atoms with Crippen LogP contribution in [0.1, 0.15) is 18.5 Å². The Balaban J connectivity index is 1.97. The van der Waals surface area contributed by atoms with Crippen LogP contribution in [0.2, 0.25) is 0 Å².